The van der Waals surface area contributed by atoms with Crippen molar-refractivity contribution in [2.24, 2.45) is 0 Å². The van der Waals surface area contributed by atoms with E-state index in [1.165, 1.54) is 6.92 Å². The van der Waals surface area contributed by atoms with Gasteiger partial charge in [0.25, 0.3) is 0 Å². The fraction of sp³-hybridized carbons (Fsp3) is 0.222. The van der Waals surface area contributed by atoms with Gasteiger partial charge in [0.15, 0.2) is 0 Å². The Hall–Kier alpha value is -1.60. The van der Waals surface area contributed by atoms with Crippen molar-refractivity contribution in [2.75, 3.05) is 6.61 Å². The van der Waals surface area contributed by atoms with E-state index in [4.69, 9.17) is 5.11 Å². The zero-order chi connectivity index (χ0) is 12.3. The number of aromatic carboxylic acids is 1. The fourth-order valence-corrected chi connectivity index (χ4v) is 2.10. The van der Waals surface area contributed by atoms with Crippen LogP contribution in [0.5, 0.6) is 5.75 Å². The van der Waals surface area contributed by atoms with E-state index < -0.39 is 26.7 Å². The van der Waals surface area contributed by atoms with Gasteiger partial charge in [0.05, 0.1) is 12.2 Å². The van der Waals surface area contributed by atoms with E-state index in [9.17, 15) is 18.3 Å². The SMILES string of the molecule is CCOS(=O)(=O)c1cc(C(=O)O)ccc1O. The molecule has 0 aliphatic rings. The lowest BCUT2D eigenvalue weighted by atomic mass is 10.2. The Labute approximate surface area is 92.2 Å². The average Bonchev–Trinajstić information content (AvgIpc) is 2.17. The Kier molecular flexibility index (Phi) is 3.51. The van der Waals surface area contributed by atoms with Crippen LogP contribution in [0.1, 0.15) is 17.3 Å². The van der Waals surface area contributed by atoms with Gasteiger partial charge in [0.2, 0.25) is 0 Å². The molecule has 0 heterocycles. The summed E-state index contributed by atoms with van der Waals surface area (Å²) in [5, 5.41) is 18.0. The third-order valence-corrected chi connectivity index (χ3v) is 3.16. The minimum absolute atomic E-state index is 0.0981. The molecule has 1 rings (SSSR count). The highest BCUT2D eigenvalue weighted by molar-refractivity contribution is 7.86. The number of benzene rings is 1. The van der Waals surface area contributed by atoms with Crippen molar-refractivity contribution in [1.82, 2.24) is 0 Å². The molecule has 0 radical (unpaired) electrons. The van der Waals surface area contributed by atoms with Crippen molar-refractivity contribution in [3.05, 3.63) is 23.8 Å². The molecule has 1 aromatic rings. The molecule has 0 aliphatic carbocycles. The molecule has 0 atom stereocenters. The number of hydrogen-bond donors (Lipinski definition) is 2. The van der Waals surface area contributed by atoms with Crippen LogP contribution in [0.4, 0.5) is 0 Å². The van der Waals surface area contributed by atoms with Gasteiger partial charge in [-0.2, -0.15) is 8.42 Å². The fourth-order valence-electron chi connectivity index (χ4n) is 1.07. The number of carboxylic acids is 1. The van der Waals surface area contributed by atoms with Crippen LogP contribution in [0.15, 0.2) is 23.1 Å². The first kappa shape index (κ1) is 12.5. The third kappa shape index (κ3) is 2.50. The predicted molar refractivity (Wildman–Crippen MR) is 53.9 cm³/mol. The molecule has 0 unspecified atom stereocenters. The van der Waals surface area contributed by atoms with Crippen LogP contribution in [-0.4, -0.2) is 31.2 Å². The normalized spacial score (nSPS) is 11.3. The molecule has 1 aromatic carbocycles. The van der Waals surface area contributed by atoms with Gasteiger partial charge in [-0.25, -0.2) is 4.79 Å². The van der Waals surface area contributed by atoms with E-state index in [0.29, 0.717) is 0 Å². The largest absolute Gasteiger partial charge is 0.506 e. The number of phenols is 1. The molecular weight excluding hydrogens is 236 g/mol. The van der Waals surface area contributed by atoms with E-state index in [2.05, 4.69) is 4.18 Å². The number of hydrogen-bond acceptors (Lipinski definition) is 5. The van der Waals surface area contributed by atoms with Crippen LogP contribution in [0, 0.1) is 0 Å². The number of carbonyl (C=O) groups is 1. The summed E-state index contributed by atoms with van der Waals surface area (Å²) < 4.78 is 27.4. The van der Waals surface area contributed by atoms with Gasteiger partial charge in [-0.15, -0.1) is 0 Å². The van der Waals surface area contributed by atoms with Gasteiger partial charge in [-0.3, -0.25) is 4.18 Å². The summed E-state index contributed by atoms with van der Waals surface area (Å²) in [7, 11) is -4.11. The second kappa shape index (κ2) is 4.50. The zero-order valence-electron chi connectivity index (χ0n) is 8.37. The lowest BCUT2D eigenvalue weighted by Crippen LogP contribution is -2.08. The third-order valence-electron chi connectivity index (χ3n) is 1.75. The van der Waals surface area contributed by atoms with Crippen molar-refractivity contribution in [2.45, 2.75) is 11.8 Å². The maximum absolute atomic E-state index is 11.5. The minimum atomic E-state index is -4.11. The summed E-state index contributed by atoms with van der Waals surface area (Å²) >= 11 is 0. The summed E-state index contributed by atoms with van der Waals surface area (Å²) in [6.45, 7) is 1.37. The lowest BCUT2D eigenvalue weighted by molar-refractivity contribution is 0.0696. The topological polar surface area (TPSA) is 101 Å². The molecule has 0 aliphatic heterocycles. The van der Waals surface area contributed by atoms with Gasteiger partial charge in [-0.1, -0.05) is 0 Å². The van der Waals surface area contributed by atoms with Crippen LogP contribution in [0.2, 0.25) is 0 Å². The number of rotatable bonds is 4. The first-order valence-electron chi connectivity index (χ1n) is 4.34. The number of carboxylic acid groups (broad SMARTS) is 1. The number of phenolic OH excluding ortho intramolecular Hbond substituents is 1. The van der Waals surface area contributed by atoms with Crippen LogP contribution >= 0.6 is 0 Å². The molecule has 2 N–H and O–H groups in total. The molecule has 6 nitrogen and oxygen atoms in total. The summed E-state index contributed by atoms with van der Waals surface area (Å²) in [5.41, 5.74) is -0.240. The van der Waals surface area contributed by atoms with Crippen LogP contribution < -0.4 is 0 Å². The van der Waals surface area contributed by atoms with Crippen molar-refractivity contribution in [1.29, 1.82) is 0 Å². The average molecular weight is 246 g/mol. The van der Waals surface area contributed by atoms with Gasteiger partial charge in [0.1, 0.15) is 10.6 Å². The molecule has 0 saturated heterocycles. The molecule has 7 heteroatoms. The van der Waals surface area contributed by atoms with Crippen LogP contribution in [0.3, 0.4) is 0 Å². The molecular formula is C9H10O6S. The molecule has 0 spiro atoms. The Morgan fingerprint density at radius 1 is 1.44 bits per heavy atom. The minimum Gasteiger partial charge on any atom is -0.506 e. The molecule has 88 valence electrons. The Morgan fingerprint density at radius 2 is 2.06 bits per heavy atom. The smallest absolute Gasteiger partial charge is 0.335 e. The lowest BCUT2D eigenvalue weighted by Gasteiger charge is -2.06. The summed E-state index contributed by atoms with van der Waals surface area (Å²) in [6, 6.07) is 2.95. The molecule has 0 bridgehead atoms. The van der Waals surface area contributed by atoms with Gasteiger partial charge >= 0.3 is 16.1 Å². The van der Waals surface area contributed by atoms with Crippen molar-refractivity contribution < 1.29 is 27.6 Å². The van der Waals surface area contributed by atoms with Crippen LogP contribution in [0.25, 0.3) is 0 Å². The molecule has 16 heavy (non-hydrogen) atoms. The van der Waals surface area contributed by atoms with Gasteiger partial charge < -0.3 is 10.2 Å². The van der Waals surface area contributed by atoms with E-state index >= 15 is 0 Å². The maximum atomic E-state index is 11.5. The summed E-state index contributed by atoms with van der Waals surface area (Å²) in [4.78, 5) is 10.1. The molecule has 0 saturated carbocycles. The number of aromatic hydroxyl groups is 1. The second-order valence-electron chi connectivity index (χ2n) is 2.85. The Bertz CT molecular complexity index is 505. The zero-order valence-corrected chi connectivity index (χ0v) is 9.19. The Morgan fingerprint density at radius 3 is 2.56 bits per heavy atom. The molecule has 0 aromatic heterocycles. The van der Waals surface area contributed by atoms with Gasteiger partial charge in [-0.05, 0) is 25.1 Å². The van der Waals surface area contributed by atoms with Crippen molar-refractivity contribution in [3.8, 4) is 5.75 Å². The van der Waals surface area contributed by atoms with E-state index in [-0.39, 0.29) is 12.2 Å². The predicted octanol–water partition coefficient (Wildman–Crippen LogP) is 0.816. The van der Waals surface area contributed by atoms with E-state index in [1.54, 1.807) is 0 Å². The first-order valence-corrected chi connectivity index (χ1v) is 5.75. The Balaban J connectivity index is 3.33. The van der Waals surface area contributed by atoms with Gasteiger partial charge in [0, 0.05) is 0 Å². The second-order valence-corrected chi connectivity index (χ2v) is 4.43. The van der Waals surface area contributed by atoms with Crippen molar-refractivity contribution >= 4 is 16.1 Å². The molecule has 0 amide bonds. The molecule has 0 fully saturated rings. The highest BCUT2D eigenvalue weighted by Crippen LogP contribution is 2.25. The first-order chi connectivity index (χ1) is 7.38. The summed E-state index contributed by atoms with van der Waals surface area (Å²) in [6.07, 6.45) is 0. The summed E-state index contributed by atoms with van der Waals surface area (Å²) in [5.74, 6) is -1.83. The van der Waals surface area contributed by atoms with E-state index in [1.807, 2.05) is 0 Å². The highest BCUT2D eigenvalue weighted by atomic mass is 32.2. The quantitative estimate of drug-likeness (QED) is 0.762. The van der Waals surface area contributed by atoms with E-state index in [0.717, 1.165) is 18.2 Å². The monoisotopic (exact) mass is 246 g/mol. The maximum Gasteiger partial charge on any atom is 0.335 e. The standard InChI is InChI=1S/C9H10O6S/c1-2-15-16(13,14)8-5-6(9(11)12)3-4-7(8)10/h3-5,10H,2H2,1H3,(H,11,12). The van der Waals surface area contributed by atoms with Crippen molar-refractivity contribution in [3.63, 3.8) is 0 Å². The van der Waals surface area contributed by atoms with Crippen LogP contribution in [-0.2, 0) is 14.3 Å². The highest BCUT2D eigenvalue weighted by Gasteiger charge is 2.21.